The highest BCUT2D eigenvalue weighted by Gasteiger charge is 2.39. The molecule has 162 valence electrons. The molecule has 0 aromatic heterocycles. The number of rotatable bonds is 9. The van der Waals surface area contributed by atoms with Gasteiger partial charge in [0.15, 0.2) is 0 Å². The number of hydrogen-bond donors (Lipinski definition) is 1. The van der Waals surface area contributed by atoms with Gasteiger partial charge in [0.25, 0.3) is 5.91 Å². The van der Waals surface area contributed by atoms with Gasteiger partial charge in [-0.25, -0.2) is 4.79 Å². The first-order valence-electron chi connectivity index (χ1n) is 10.9. The van der Waals surface area contributed by atoms with E-state index in [2.05, 4.69) is 5.32 Å². The number of amides is 1. The average molecular weight is 406 g/mol. The first-order chi connectivity index (χ1) is 14.0. The molecule has 0 spiro atoms. The Bertz CT molecular complexity index is 680. The highest BCUT2D eigenvalue weighted by Crippen LogP contribution is 2.33. The quantitative estimate of drug-likeness (QED) is 0.456. The summed E-state index contributed by atoms with van der Waals surface area (Å²) in [5, 5.41) is 2.97. The fourth-order valence-electron chi connectivity index (χ4n) is 3.64. The van der Waals surface area contributed by atoms with Gasteiger partial charge in [-0.15, -0.1) is 0 Å². The molecule has 1 N–H and O–H groups in total. The normalized spacial score (nSPS) is 17.1. The molecule has 29 heavy (non-hydrogen) atoms. The summed E-state index contributed by atoms with van der Waals surface area (Å²) in [7, 11) is 0. The first kappa shape index (κ1) is 23.2. The maximum Gasteiger partial charge on any atom is 0.341 e. The summed E-state index contributed by atoms with van der Waals surface area (Å²) in [5.74, 6) is -0.146. The SMILES string of the molecule is CCOC(=O)c1cc(NC(=O)C2(OCC)CCCCCC2)ccc1O[C@H](C)CC. The van der Waals surface area contributed by atoms with Crippen LogP contribution in [0, 0.1) is 0 Å². The molecule has 1 aliphatic rings. The van der Waals surface area contributed by atoms with Gasteiger partial charge >= 0.3 is 5.97 Å². The lowest BCUT2D eigenvalue weighted by atomic mass is 9.92. The van der Waals surface area contributed by atoms with Crippen LogP contribution in [-0.2, 0) is 14.3 Å². The molecular weight excluding hydrogens is 370 g/mol. The Hall–Kier alpha value is -2.08. The molecule has 6 nitrogen and oxygen atoms in total. The van der Waals surface area contributed by atoms with Crippen molar-refractivity contribution in [1.82, 2.24) is 0 Å². The highest BCUT2D eigenvalue weighted by atomic mass is 16.5. The van der Waals surface area contributed by atoms with Gasteiger partial charge in [-0.1, -0.05) is 32.6 Å². The number of carbonyl (C=O) groups is 2. The first-order valence-corrected chi connectivity index (χ1v) is 10.9. The maximum atomic E-state index is 13.2. The number of nitrogens with one attached hydrogen (secondary N) is 1. The van der Waals surface area contributed by atoms with Crippen molar-refractivity contribution in [3.05, 3.63) is 23.8 Å². The highest BCUT2D eigenvalue weighted by molar-refractivity contribution is 5.99. The molecule has 1 atom stereocenters. The predicted octanol–water partition coefficient (Wildman–Crippen LogP) is 5.11. The van der Waals surface area contributed by atoms with Crippen LogP contribution in [0.25, 0.3) is 0 Å². The third-order valence-corrected chi connectivity index (χ3v) is 5.38. The minimum atomic E-state index is -0.804. The Labute approximate surface area is 174 Å². The number of ether oxygens (including phenoxy) is 3. The van der Waals surface area contributed by atoms with Crippen molar-refractivity contribution < 1.29 is 23.8 Å². The number of hydrogen-bond acceptors (Lipinski definition) is 5. The number of carbonyl (C=O) groups excluding carboxylic acids is 2. The zero-order valence-corrected chi connectivity index (χ0v) is 18.2. The van der Waals surface area contributed by atoms with Crippen LogP contribution in [-0.4, -0.2) is 36.8 Å². The molecule has 2 rings (SSSR count). The topological polar surface area (TPSA) is 73.9 Å². The molecule has 0 bridgehead atoms. The molecule has 0 unspecified atom stereocenters. The molecule has 1 saturated carbocycles. The van der Waals surface area contributed by atoms with Gasteiger partial charge in [0.2, 0.25) is 0 Å². The van der Waals surface area contributed by atoms with Gasteiger partial charge in [0.1, 0.15) is 16.9 Å². The Morgan fingerprint density at radius 2 is 1.76 bits per heavy atom. The van der Waals surface area contributed by atoms with Crippen LogP contribution in [0.2, 0.25) is 0 Å². The van der Waals surface area contributed by atoms with Crippen LogP contribution in [0.3, 0.4) is 0 Å². The molecule has 0 aliphatic heterocycles. The second-order valence-corrected chi connectivity index (χ2v) is 7.56. The van der Waals surface area contributed by atoms with Crippen molar-refractivity contribution in [2.45, 2.75) is 84.3 Å². The summed E-state index contributed by atoms with van der Waals surface area (Å²) in [6, 6.07) is 5.10. The predicted molar refractivity (Wildman–Crippen MR) is 113 cm³/mol. The standard InChI is InChI=1S/C23H35NO5/c1-5-17(4)29-20-13-12-18(16-19(20)21(25)27-6-2)24-22(26)23(28-7-3)14-10-8-9-11-15-23/h12-13,16-17H,5-11,14-15H2,1-4H3,(H,24,26)/t17-/m1/s1. The fourth-order valence-corrected chi connectivity index (χ4v) is 3.64. The van der Waals surface area contributed by atoms with Crippen molar-refractivity contribution in [2.75, 3.05) is 18.5 Å². The van der Waals surface area contributed by atoms with Crippen molar-refractivity contribution in [1.29, 1.82) is 0 Å². The summed E-state index contributed by atoms with van der Waals surface area (Å²) in [6.07, 6.45) is 6.41. The smallest absolute Gasteiger partial charge is 0.341 e. The van der Waals surface area contributed by atoms with E-state index in [9.17, 15) is 9.59 Å². The summed E-state index contributed by atoms with van der Waals surface area (Å²) in [6.45, 7) is 8.40. The second kappa shape index (κ2) is 11.2. The van der Waals surface area contributed by atoms with Crippen LogP contribution in [0.15, 0.2) is 18.2 Å². The van der Waals surface area contributed by atoms with E-state index in [1.807, 2.05) is 20.8 Å². The number of benzene rings is 1. The van der Waals surface area contributed by atoms with Crippen LogP contribution >= 0.6 is 0 Å². The third-order valence-electron chi connectivity index (χ3n) is 5.38. The molecule has 1 aliphatic carbocycles. The van der Waals surface area contributed by atoms with E-state index >= 15 is 0 Å². The van der Waals surface area contributed by atoms with Crippen molar-refractivity contribution in [3.63, 3.8) is 0 Å². The average Bonchev–Trinajstić information content (AvgIpc) is 2.96. The lowest BCUT2D eigenvalue weighted by molar-refractivity contribution is -0.143. The van der Waals surface area contributed by atoms with Crippen LogP contribution in [0.5, 0.6) is 5.75 Å². The summed E-state index contributed by atoms with van der Waals surface area (Å²) in [5.41, 5.74) is 0.0514. The fraction of sp³-hybridized carbons (Fsp3) is 0.652. The van der Waals surface area contributed by atoms with Crippen LogP contribution in [0.4, 0.5) is 5.69 Å². The maximum absolute atomic E-state index is 13.2. The Kier molecular flexibility index (Phi) is 8.96. The number of anilines is 1. The Morgan fingerprint density at radius 3 is 2.34 bits per heavy atom. The van der Waals surface area contributed by atoms with E-state index in [0.29, 0.717) is 36.4 Å². The van der Waals surface area contributed by atoms with Crippen molar-refractivity contribution in [3.8, 4) is 5.75 Å². The van der Waals surface area contributed by atoms with E-state index in [1.165, 1.54) is 0 Å². The lowest BCUT2D eigenvalue weighted by Gasteiger charge is -2.31. The van der Waals surface area contributed by atoms with E-state index in [-0.39, 0.29) is 18.6 Å². The van der Waals surface area contributed by atoms with E-state index in [4.69, 9.17) is 14.2 Å². The molecule has 1 aromatic carbocycles. The summed E-state index contributed by atoms with van der Waals surface area (Å²) in [4.78, 5) is 25.6. The summed E-state index contributed by atoms with van der Waals surface area (Å²) >= 11 is 0. The monoisotopic (exact) mass is 405 g/mol. The van der Waals surface area contributed by atoms with Crippen LogP contribution in [0.1, 0.15) is 83.0 Å². The van der Waals surface area contributed by atoms with Crippen molar-refractivity contribution >= 4 is 17.6 Å². The molecular formula is C23H35NO5. The third kappa shape index (κ3) is 6.20. The van der Waals surface area contributed by atoms with Gasteiger partial charge in [0.05, 0.1) is 12.7 Å². The summed E-state index contributed by atoms with van der Waals surface area (Å²) < 4.78 is 17.0. The number of esters is 1. The van der Waals surface area contributed by atoms with Gasteiger partial charge in [0, 0.05) is 12.3 Å². The van der Waals surface area contributed by atoms with Crippen LogP contribution < -0.4 is 10.1 Å². The zero-order chi connectivity index (χ0) is 21.3. The van der Waals surface area contributed by atoms with Gasteiger partial charge in [-0.2, -0.15) is 0 Å². The second-order valence-electron chi connectivity index (χ2n) is 7.56. The molecule has 0 saturated heterocycles. The van der Waals surface area contributed by atoms with Crippen molar-refractivity contribution in [2.24, 2.45) is 0 Å². The Balaban J connectivity index is 2.27. The molecule has 1 fully saturated rings. The van der Waals surface area contributed by atoms with E-state index < -0.39 is 11.6 Å². The minimum absolute atomic E-state index is 0.0316. The zero-order valence-electron chi connectivity index (χ0n) is 18.2. The largest absolute Gasteiger partial charge is 0.490 e. The molecule has 1 amide bonds. The molecule has 1 aromatic rings. The van der Waals surface area contributed by atoms with E-state index in [1.54, 1.807) is 25.1 Å². The molecule has 0 heterocycles. The van der Waals surface area contributed by atoms with Gasteiger partial charge in [-0.3, -0.25) is 4.79 Å². The van der Waals surface area contributed by atoms with Gasteiger partial charge < -0.3 is 19.5 Å². The van der Waals surface area contributed by atoms with Gasteiger partial charge in [-0.05, 0) is 58.2 Å². The lowest BCUT2D eigenvalue weighted by Crippen LogP contribution is -2.45. The molecule has 6 heteroatoms. The minimum Gasteiger partial charge on any atom is -0.490 e. The molecule has 0 radical (unpaired) electrons. The Morgan fingerprint density at radius 1 is 1.07 bits per heavy atom. The van der Waals surface area contributed by atoms with E-state index in [0.717, 1.165) is 32.1 Å².